The topological polar surface area (TPSA) is 92.1 Å². The van der Waals surface area contributed by atoms with Crippen molar-refractivity contribution in [3.63, 3.8) is 0 Å². The summed E-state index contributed by atoms with van der Waals surface area (Å²) in [6, 6.07) is 6.66. The van der Waals surface area contributed by atoms with Crippen molar-refractivity contribution in [2.75, 3.05) is 25.5 Å². The van der Waals surface area contributed by atoms with Crippen molar-refractivity contribution in [1.29, 1.82) is 0 Å². The summed E-state index contributed by atoms with van der Waals surface area (Å²) in [7, 11) is 3.51. The third kappa shape index (κ3) is 4.05. The highest BCUT2D eigenvalue weighted by atomic mass is 19.1. The van der Waals surface area contributed by atoms with Crippen molar-refractivity contribution in [3.05, 3.63) is 48.2 Å². The van der Waals surface area contributed by atoms with E-state index in [-0.39, 0.29) is 5.82 Å². The van der Waals surface area contributed by atoms with Crippen LogP contribution < -0.4 is 16.0 Å². The second-order valence-corrected chi connectivity index (χ2v) is 5.60. The Hall–Kier alpha value is -3.23. The molecule has 3 rings (SSSR count). The fraction of sp³-hybridized carbons (Fsp3) is 0.294. The molecule has 0 amide bonds. The molecule has 0 saturated carbocycles. The Labute approximate surface area is 150 Å². The quantitative estimate of drug-likeness (QED) is 0.350. The molecule has 0 radical (unpaired) electrons. The maximum atomic E-state index is 13.6. The lowest BCUT2D eigenvalue weighted by molar-refractivity contribution is 0.605. The molecule has 8 nitrogen and oxygen atoms in total. The van der Waals surface area contributed by atoms with Gasteiger partial charge in [0.05, 0.1) is 11.6 Å². The van der Waals surface area contributed by atoms with E-state index in [1.54, 1.807) is 36.1 Å². The van der Waals surface area contributed by atoms with Crippen molar-refractivity contribution in [2.24, 2.45) is 12.0 Å². The van der Waals surface area contributed by atoms with Gasteiger partial charge in [0.1, 0.15) is 18.0 Å². The Kier molecular flexibility index (Phi) is 5.57. The number of aliphatic imine (C=N–C) groups is 1. The number of rotatable bonds is 6. The normalized spacial score (nSPS) is 11.6. The highest BCUT2D eigenvalue weighted by Crippen LogP contribution is 2.17. The number of fused-ring (bicyclic) bond motifs is 1. The van der Waals surface area contributed by atoms with Crippen LogP contribution in [0, 0.1) is 5.82 Å². The van der Waals surface area contributed by atoms with E-state index in [1.807, 2.05) is 7.05 Å². The predicted molar refractivity (Wildman–Crippen MR) is 99.4 cm³/mol. The summed E-state index contributed by atoms with van der Waals surface area (Å²) in [4.78, 5) is 12.6. The van der Waals surface area contributed by atoms with E-state index < -0.39 is 0 Å². The molecule has 2 aromatic heterocycles. The van der Waals surface area contributed by atoms with Gasteiger partial charge in [0.15, 0.2) is 11.6 Å². The fourth-order valence-electron chi connectivity index (χ4n) is 2.51. The first-order valence-electron chi connectivity index (χ1n) is 8.23. The van der Waals surface area contributed by atoms with Gasteiger partial charge in [-0.1, -0.05) is 18.2 Å². The molecule has 26 heavy (non-hydrogen) atoms. The molecule has 3 N–H and O–H groups in total. The van der Waals surface area contributed by atoms with Gasteiger partial charge >= 0.3 is 0 Å². The molecular weight excluding hydrogens is 335 g/mol. The van der Waals surface area contributed by atoms with Gasteiger partial charge in [-0.3, -0.25) is 9.67 Å². The first-order chi connectivity index (χ1) is 12.7. The minimum Gasteiger partial charge on any atom is -0.368 e. The Balaban J connectivity index is 1.48. The summed E-state index contributed by atoms with van der Waals surface area (Å²) in [5.74, 6) is 1.10. The van der Waals surface area contributed by atoms with Crippen molar-refractivity contribution >= 4 is 22.8 Å². The van der Waals surface area contributed by atoms with Crippen LogP contribution in [0.1, 0.15) is 5.56 Å². The number of nitrogens with zero attached hydrogens (tertiary/aromatic N) is 5. The van der Waals surface area contributed by atoms with Crippen LogP contribution >= 0.6 is 0 Å². The molecule has 9 heteroatoms. The second kappa shape index (κ2) is 8.24. The maximum Gasteiger partial charge on any atom is 0.191 e. The Morgan fingerprint density at radius 2 is 2.04 bits per heavy atom. The first kappa shape index (κ1) is 17.6. The van der Waals surface area contributed by atoms with E-state index in [2.05, 4.69) is 36.0 Å². The van der Waals surface area contributed by atoms with Crippen LogP contribution in [0.4, 0.5) is 10.2 Å². The molecule has 0 saturated heterocycles. The molecule has 1 aromatic carbocycles. The number of benzene rings is 1. The Bertz CT molecular complexity index is 905. The average molecular weight is 356 g/mol. The molecule has 0 atom stereocenters. The van der Waals surface area contributed by atoms with Gasteiger partial charge < -0.3 is 16.0 Å². The van der Waals surface area contributed by atoms with Gasteiger partial charge in [0.25, 0.3) is 0 Å². The Morgan fingerprint density at radius 3 is 2.85 bits per heavy atom. The van der Waals surface area contributed by atoms with E-state index in [4.69, 9.17) is 0 Å². The van der Waals surface area contributed by atoms with E-state index in [9.17, 15) is 4.39 Å². The summed E-state index contributed by atoms with van der Waals surface area (Å²) in [6.07, 6.45) is 3.24. The van der Waals surface area contributed by atoms with Gasteiger partial charge in [0.2, 0.25) is 0 Å². The molecule has 0 fully saturated rings. The molecule has 136 valence electrons. The number of halogens is 1. The zero-order valence-corrected chi connectivity index (χ0v) is 14.7. The van der Waals surface area contributed by atoms with Gasteiger partial charge in [-0.05, 0) is 6.07 Å². The molecule has 2 heterocycles. The maximum absolute atomic E-state index is 13.6. The molecule has 0 spiro atoms. The van der Waals surface area contributed by atoms with E-state index in [1.165, 1.54) is 12.4 Å². The standard InChI is InChI=1S/C17H21FN8/c1-19-17(22-9-12-5-3-4-6-14(12)18)21-8-7-20-15-13-10-25-26(2)16(13)24-11-23-15/h3-6,10-11H,7-9H2,1-2H3,(H2,19,21,22)(H,20,23,24). The third-order valence-electron chi connectivity index (χ3n) is 3.87. The summed E-state index contributed by atoms with van der Waals surface area (Å²) in [5, 5.41) is 14.6. The molecule has 0 bridgehead atoms. The summed E-state index contributed by atoms with van der Waals surface area (Å²) < 4.78 is 15.3. The zero-order chi connectivity index (χ0) is 18.4. The van der Waals surface area contributed by atoms with E-state index in [0.29, 0.717) is 31.2 Å². The largest absolute Gasteiger partial charge is 0.368 e. The van der Waals surface area contributed by atoms with Crippen molar-refractivity contribution in [3.8, 4) is 0 Å². The number of anilines is 1. The molecule has 3 aromatic rings. The van der Waals surface area contributed by atoms with Crippen LogP contribution in [0.25, 0.3) is 11.0 Å². The molecule has 0 aliphatic carbocycles. The van der Waals surface area contributed by atoms with Crippen LogP contribution in [0.15, 0.2) is 41.8 Å². The average Bonchev–Trinajstić information content (AvgIpc) is 3.04. The summed E-state index contributed by atoms with van der Waals surface area (Å²) in [5.41, 5.74) is 1.37. The highest BCUT2D eigenvalue weighted by molar-refractivity contribution is 5.86. The van der Waals surface area contributed by atoms with Crippen molar-refractivity contribution < 1.29 is 4.39 Å². The fourth-order valence-corrected chi connectivity index (χ4v) is 2.51. The second-order valence-electron chi connectivity index (χ2n) is 5.60. The van der Waals surface area contributed by atoms with Crippen LogP contribution in [-0.4, -0.2) is 45.8 Å². The number of aryl methyl sites for hydroxylation is 1. The number of hydrogen-bond acceptors (Lipinski definition) is 5. The first-order valence-corrected chi connectivity index (χ1v) is 8.23. The molecular formula is C17H21FN8. The van der Waals surface area contributed by atoms with Crippen LogP contribution in [0.3, 0.4) is 0 Å². The lowest BCUT2D eigenvalue weighted by Crippen LogP contribution is -2.39. The molecule has 0 unspecified atom stereocenters. The van der Waals surface area contributed by atoms with Crippen LogP contribution in [-0.2, 0) is 13.6 Å². The van der Waals surface area contributed by atoms with Gasteiger partial charge in [-0.15, -0.1) is 0 Å². The third-order valence-corrected chi connectivity index (χ3v) is 3.87. The number of hydrogen-bond donors (Lipinski definition) is 3. The van der Waals surface area contributed by atoms with E-state index in [0.717, 1.165) is 16.9 Å². The van der Waals surface area contributed by atoms with Crippen LogP contribution in [0.5, 0.6) is 0 Å². The lowest BCUT2D eigenvalue weighted by atomic mass is 10.2. The Morgan fingerprint density at radius 1 is 1.19 bits per heavy atom. The highest BCUT2D eigenvalue weighted by Gasteiger charge is 2.07. The summed E-state index contributed by atoms with van der Waals surface area (Å²) >= 11 is 0. The van der Waals surface area contributed by atoms with Gasteiger partial charge in [-0.2, -0.15) is 5.10 Å². The molecule has 0 aliphatic heterocycles. The van der Waals surface area contributed by atoms with Crippen molar-refractivity contribution in [1.82, 2.24) is 30.4 Å². The van der Waals surface area contributed by atoms with Gasteiger partial charge in [-0.25, -0.2) is 14.4 Å². The van der Waals surface area contributed by atoms with Crippen molar-refractivity contribution in [2.45, 2.75) is 6.54 Å². The molecule has 0 aliphatic rings. The lowest BCUT2D eigenvalue weighted by Gasteiger charge is -2.13. The minimum absolute atomic E-state index is 0.235. The number of guanidine groups is 1. The van der Waals surface area contributed by atoms with Crippen LogP contribution in [0.2, 0.25) is 0 Å². The zero-order valence-electron chi connectivity index (χ0n) is 14.7. The number of aromatic nitrogens is 4. The van der Waals surface area contributed by atoms with E-state index >= 15 is 0 Å². The smallest absolute Gasteiger partial charge is 0.191 e. The summed E-state index contributed by atoms with van der Waals surface area (Å²) in [6.45, 7) is 1.60. The SMILES string of the molecule is CN=C(NCCNc1ncnc2c1cnn2C)NCc1ccccc1F. The predicted octanol–water partition coefficient (Wildman–Crippen LogP) is 1.28. The monoisotopic (exact) mass is 356 g/mol. The number of nitrogens with one attached hydrogen (secondary N) is 3. The van der Waals surface area contributed by atoms with Gasteiger partial charge in [0, 0.05) is 39.3 Å². The minimum atomic E-state index is -0.235.